The third-order valence-corrected chi connectivity index (χ3v) is 5.16. The van der Waals surface area contributed by atoms with Crippen LogP contribution in [0, 0.1) is 5.92 Å². The molecule has 0 saturated carbocycles. The van der Waals surface area contributed by atoms with Crippen molar-refractivity contribution in [1.29, 1.82) is 0 Å². The number of hydrogen-bond donors (Lipinski definition) is 1. The molecular weight excluding hydrogens is 274 g/mol. The number of ether oxygens (including phenoxy) is 1. The second-order valence-corrected chi connectivity index (χ2v) is 6.36. The van der Waals surface area contributed by atoms with Crippen LogP contribution in [-0.4, -0.2) is 49.1 Å². The molecule has 3 rings (SSSR count). The molecule has 2 aliphatic heterocycles. The highest BCUT2D eigenvalue weighted by atomic mass is 32.1. The maximum atomic E-state index is 12.7. The predicted octanol–water partition coefficient (Wildman–Crippen LogP) is 1.21. The maximum Gasteiger partial charge on any atom is 0.245 e. The van der Waals surface area contributed by atoms with E-state index in [0.717, 1.165) is 56.1 Å². The summed E-state index contributed by atoms with van der Waals surface area (Å²) in [6.07, 6.45) is 2.99. The van der Waals surface area contributed by atoms with Crippen LogP contribution in [0.4, 0.5) is 0 Å². The van der Waals surface area contributed by atoms with Crippen molar-refractivity contribution < 1.29 is 9.53 Å². The van der Waals surface area contributed by atoms with E-state index in [2.05, 4.69) is 10.3 Å². The van der Waals surface area contributed by atoms with Crippen LogP contribution in [0.5, 0.6) is 0 Å². The van der Waals surface area contributed by atoms with Gasteiger partial charge in [-0.15, -0.1) is 11.3 Å². The number of nitrogens with zero attached hydrogens (tertiary/aromatic N) is 2. The van der Waals surface area contributed by atoms with Gasteiger partial charge in [-0.2, -0.15) is 0 Å². The van der Waals surface area contributed by atoms with E-state index >= 15 is 0 Å². The quantitative estimate of drug-likeness (QED) is 0.911. The fourth-order valence-corrected chi connectivity index (χ4v) is 3.96. The van der Waals surface area contributed by atoms with Crippen molar-refractivity contribution in [3.8, 4) is 0 Å². The Kier molecular flexibility index (Phi) is 4.33. The summed E-state index contributed by atoms with van der Waals surface area (Å²) in [7, 11) is 1.85. The summed E-state index contributed by atoms with van der Waals surface area (Å²) < 4.78 is 5.40. The number of likely N-dealkylation sites (N-methyl/N-ethyl adjacent to an activating group) is 1. The number of rotatable bonds is 3. The predicted molar refractivity (Wildman–Crippen MR) is 77.7 cm³/mol. The molecule has 20 heavy (non-hydrogen) atoms. The minimum atomic E-state index is -0.222. The van der Waals surface area contributed by atoms with Crippen molar-refractivity contribution in [3.63, 3.8) is 0 Å². The molecule has 6 heteroatoms. The Balaban J connectivity index is 1.73. The van der Waals surface area contributed by atoms with Crippen LogP contribution in [0.3, 0.4) is 0 Å². The average molecular weight is 295 g/mol. The number of amides is 1. The van der Waals surface area contributed by atoms with Crippen molar-refractivity contribution in [2.24, 2.45) is 5.92 Å². The van der Waals surface area contributed by atoms with Crippen LogP contribution in [0.15, 0.2) is 5.51 Å². The second kappa shape index (κ2) is 6.20. The van der Waals surface area contributed by atoms with E-state index in [4.69, 9.17) is 4.74 Å². The van der Waals surface area contributed by atoms with Gasteiger partial charge in [-0.05, 0) is 25.8 Å². The summed E-state index contributed by atoms with van der Waals surface area (Å²) in [5.74, 6) is 0.774. The molecule has 0 radical (unpaired) electrons. The molecule has 3 heterocycles. The van der Waals surface area contributed by atoms with Crippen LogP contribution in [0.1, 0.15) is 29.5 Å². The van der Waals surface area contributed by atoms with Gasteiger partial charge in [0.15, 0.2) is 0 Å². The molecule has 1 amide bonds. The van der Waals surface area contributed by atoms with Crippen molar-refractivity contribution in [3.05, 3.63) is 16.1 Å². The van der Waals surface area contributed by atoms with E-state index in [-0.39, 0.29) is 11.9 Å². The Bertz CT molecular complexity index is 471. The number of hydrogen-bond acceptors (Lipinski definition) is 5. The third kappa shape index (κ3) is 2.73. The van der Waals surface area contributed by atoms with Crippen LogP contribution >= 0.6 is 11.3 Å². The molecular formula is C14H21N3O2S. The van der Waals surface area contributed by atoms with Gasteiger partial charge in [-0.1, -0.05) is 0 Å². The van der Waals surface area contributed by atoms with Gasteiger partial charge in [0, 0.05) is 32.7 Å². The Hall–Kier alpha value is -0.980. The lowest BCUT2D eigenvalue weighted by Gasteiger charge is -2.30. The van der Waals surface area contributed by atoms with Crippen LogP contribution in [-0.2, 0) is 16.0 Å². The first-order valence-corrected chi connectivity index (χ1v) is 8.13. The Morgan fingerprint density at radius 2 is 2.30 bits per heavy atom. The summed E-state index contributed by atoms with van der Waals surface area (Å²) >= 11 is 1.58. The Morgan fingerprint density at radius 3 is 3.05 bits per heavy atom. The fraction of sp³-hybridized carbons (Fsp3) is 0.714. The third-order valence-electron chi connectivity index (χ3n) is 4.22. The number of aromatic nitrogens is 1. The molecule has 1 N–H and O–H groups in total. The molecule has 0 aliphatic carbocycles. The van der Waals surface area contributed by atoms with Gasteiger partial charge in [-0.3, -0.25) is 4.79 Å². The molecule has 110 valence electrons. The molecule has 1 saturated heterocycles. The van der Waals surface area contributed by atoms with Crippen molar-refractivity contribution in [2.75, 3.05) is 33.4 Å². The standard InChI is InChI=1S/C14H21N3O2S/c1-15-12-13-11(16-9-20-13)2-5-17(14(12)18)8-10-3-6-19-7-4-10/h9-10,12,15H,2-8H2,1H3. The zero-order valence-corrected chi connectivity index (χ0v) is 12.6. The zero-order valence-electron chi connectivity index (χ0n) is 11.8. The SMILES string of the molecule is CNC1C(=O)N(CC2CCOCC2)CCc2ncsc21. The summed E-state index contributed by atoms with van der Waals surface area (Å²) in [6, 6.07) is -0.222. The van der Waals surface area contributed by atoms with Gasteiger partial charge in [0.25, 0.3) is 0 Å². The monoisotopic (exact) mass is 295 g/mol. The smallest absolute Gasteiger partial charge is 0.245 e. The van der Waals surface area contributed by atoms with Crippen molar-refractivity contribution in [1.82, 2.24) is 15.2 Å². The first-order chi connectivity index (χ1) is 9.79. The number of fused-ring (bicyclic) bond motifs is 1. The highest BCUT2D eigenvalue weighted by Gasteiger charge is 2.32. The summed E-state index contributed by atoms with van der Waals surface area (Å²) in [5, 5.41) is 3.16. The molecule has 1 atom stereocenters. The number of carbonyl (C=O) groups excluding carboxylic acids is 1. The van der Waals surface area contributed by atoms with E-state index in [0.29, 0.717) is 5.92 Å². The molecule has 1 fully saturated rings. The topological polar surface area (TPSA) is 54.5 Å². The molecule has 1 aromatic heterocycles. The minimum Gasteiger partial charge on any atom is -0.381 e. The largest absolute Gasteiger partial charge is 0.381 e. The average Bonchev–Trinajstić information content (AvgIpc) is 2.89. The van der Waals surface area contributed by atoms with Gasteiger partial charge in [0.1, 0.15) is 6.04 Å². The highest BCUT2D eigenvalue weighted by Crippen LogP contribution is 2.28. The second-order valence-electron chi connectivity index (χ2n) is 5.47. The van der Waals surface area contributed by atoms with Crippen molar-refractivity contribution in [2.45, 2.75) is 25.3 Å². The lowest BCUT2D eigenvalue weighted by atomic mass is 9.99. The lowest BCUT2D eigenvalue weighted by molar-refractivity contribution is -0.134. The number of nitrogens with one attached hydrogen (secondary N) is 1. The van der Waals surface area contributed by atoms with E-state index in [1.807, 2.05) is 17.5 Å². The molecule has 2 aliphatic rings. The Morgan fingerprint density at radius 1 is 1.50 bits per heavy atom. The summed E-state index contributed by atoms with van der Waals surface area (Å²) in [5.41, 5.74) is 2.92. The molecule has 1 unspecified atom stereocenters. The van der Waals surface area contributed by atoms with Gasteiger partial charge in [0.2, 0.25) is 5.91 Å². The molecule has 0 spiro atoms. The van der Waals surface area contributed by atoms with Gasteiger partial charge in [-0.25, -0.2) is 4.98 Å². The van der Waals surface area contributed by atoms with Gasteiger partial charge in [0.05, 0.1) is 16.1 Å². The lowest BCUT2D eigenvalue weighted by Crippen LogP contribution is -2.42. The summed E-state index contributed by atoms with van der Waals surface area (Å²) in [4.78, 5) is 20.2. The van der Waals surface area contributed by atoms with E-state index in [9.17, 15) is 4.79 Å². The summed E-state index contributed by atoms with van der Waals surface area (Å²) in [6.45, 7) is 3.30. The van der Waals surface area contributed by atoms with Crippen LogP contribution in [0.25, 0.3) is 0 Å². The zero-order chi connectivity index (χ0) is 13.9. The first-order valence-electron chi connectivity index (χ1n) is 7.25. The Labute approximate surface area is 123 Å². The number of thiazole rings is 1. The van der Waals surface area contributed by atoms with Crippen LogP contribution in [0.2, 0.25) is 0 Å². The highest BCUT2D eigenvalue weighted by molar-refractivity contribution is 7.10. The minimum absolute atomic E-state index is 0.196. The van der Waals surface area contributed by atoms with E-state index in [1.165, 1.54) is 0 Å². The first kappa shape index (κ1) is 14.0. The fourth-order valence-electron chi connectivity index (χ4n) is 3.02. The molecule has 0 bridgehead atoms. The van der Waals surface area contributed by atoms with Gasteiger partial charge >= 0.3 is 0 Å². The van der Waals surface area contributed by atoms with Gasteiger partial charge < -0.3 is 15.0 Å². The normalized spacial score (nSPS) is 24.6. The van der Waals surface area contributed by atoms with Crippen LogP contribution < -0.4 is 5.32 Å². The molecule has 5 nitrogen and oxygen atoms in total. The number of carbonyl (C=O) groups is 1. The van der Waals surface area contributed by atoms with E-state index < -0.39 is 0 Å². The van der Waals surface area contributed by atoms with E-state index in [1.54, 1.807) is 11.3 Å². The molecule has 1 aromatic rings. The molecule has 0 aromatic carbocycles. The van der Waals surface area contributed by atoms with Crippen molar-refractivity contribution >= 4 is 17.2 Å². The maximum absolute atomic E-state index is 12.7.